The number of aliphatic hydroxyl groups excluding tert-OH is 1. The number of aliphatic carboxylic acids is 2. The molecule has 0 aliphatic rings. The molecule has 16 heteroatoms. The maximum atomic E-state index is 12.4. The van der Waals surface area contributed by atoms with E-state index in [0.717, 1.165) is 0 Å². The van der Waals surface area contributed by atoms with Crippen molar-refractivity contribution < 1.29 is 48.9 Å². The van der Waals surface area contributed by atoms with Gasteiger partial charge in [-0.1, -0.05) is 0 Å². The van der Waals surface area contributed by atoms with Gasteiger partial charge in [-0.25, -0.2) is 4.79 Å². The van der Waals surface area contributed by atoms with Gasteiger partial charge in [0.1, 0.15) is 18.1 Å². The third-order valence-electron chi connectivity index (χ3n) is 3.87. The third kappa shape index (κ3) is 10.8. The molecule has 0 fully saturated rings. The number of primary amides is 2. The number of carboxylic acid groups (broad SMARTS) is 2. The number of aliphatic hydroxyl groups is 1. The lowest BCUT2D eigenvalue weighted by molar-refractivity contribution is -0.143. The third-order valence-corrected chi connectivity index (χ3v) is 3.87. The highest BCUT2D eigenvalue weighted by molar-refractivity contribution is 5.96. The molecule has 0 radical (unpaired) electrons. The predicted molar refractivity (Wildman–Crippen MR) is 103 cm³/mol. The van der Waals surface area contributed by atoms with E-state index in [0.29, 0.717) is 0 Å². The van der Waals surface area contributed by atoms with Crippen LogP contribution in [-0.2, 0) is 33.6 Å². The van der Waals surface area contributed by atoms with Crippen molar-refractivity contribution in [2.24, 2.45) is 17.2 Å². The maximum absolute atomic E-state index is 12.4. The van der Waals surface area contributed by atoms with E-state index >= 15 is 0 Å². The number of rotatable bonds is 15. The highest BCUT2D eigenvalue weighted by Gasteiger charge is 2.31. The van der Waals surface area contributed by atoms with E-state index < -0.39 is 97.9 Å². The number of hydrogen-bond donors (Lipinski definition) is 9. The summed E-state index contributed by atoms with van der Waals surface area (Å²) in [7, 11) is 0. The van der Waals surface area contributed by atoms with Crippen molar-refractivity contribution in [1.82, 2.24) is 16.0 Å². The zero-order valence-electron chi connectivity index (χ0n) is 16.8. The Balaban J connectivity index is 5.27. The smallest absolute Gasteiger partial charge is 0.326 e. The molecule has 16 nitrogen and oxygen atoms in total. The van der Waals surface area contributed by atoms with Crippen LogP contribution in [0, 0.1) is 0 Å². The van der Waals surface area contributed by atoms with Crippen LogP contribution in [0.3, 0.4) is 0 Å². The molecular formula is C16H26N6O10. The highest BCUT2D eigenvalue weighted by atomic mass is 16.4. The lowest BCUT2D eigenvalue weighted by Gasteiger charge is -2.23. The van der Waals surface area contributed by atoms with Gasteiger partial charge in [-0.3, -0.25) is 28.8 Å². The summed E-state index contributed by atoms with van der Waals surface area (Å²) in [6, 6.07) is -6.44. The van der Waals surface area contributed by atoms with Gasteiger partial charge in [0.15, 0.2) is 0 Å². The molecule has 5 amide bonds. The van der Waals surface area contributed by atoms with Gasteiger partial charge in [-0.2, -0.15) is 0 Å². The average Bonchev–Trinajstić information content (AvgIpc) is 2.66. The Hall–Kier alpha value is -3.79. The van der Waals surface area contributed by atoms with E-state index in [2.05, 4.69) is 5.32 Å². The van der Waals surface area contributed by atoms with Crippen molar-refractivity contribution in [1.29, 1.82) is 0 Å². The molecule has 0 aromatic rings. The fraction of sp³-hybridized carbons (Fsp3) is 0.562. The predicted octanol–water partition coefficient (Wildman–Crippen LogP) is -5.54. The van der Waals surface area contributed by atoms with Crippen LogP contribution in [0.15, 0.2) is 0 Å². The van der Waals surface area contributed by atoms with E-state index in [-0.39, 0.29) is 0 Å². The number of nitrogens with two attached hydrogens (primary N) is 3. The molecule has 12 N–H and O–H groups in total. The Bertz CT molecular complexity index is 758. The molecule has 0 aliphatic carbocycles. The van der Waals surface area contributed by atoms with Crippen LogP contribution < -0.4 is 33.2 Å². The summed E-state index contributed by atoms with van der Waals surface area (Å²) in [5, 5.41) is 33.1. The van der Waals surface area contributed by atoms with E-state index in [9.17, 15) is 38.7 Å². The summed E-state index contributed by atoms with van der Waals surface area (Å²) >= 11 is 0. The van der Waals surface area contributed by atoms with Gasteiger partial charge in [-0.05, 0) is 6.42 Å². The normalized spacial score (nSPS) is 14.2. The van der Waals surface area contributed by atoms with Gasteiger partial charge >= 0.3 is 11.9 Å². The Labute approximate surface area is 180 Å². The van der Waals surface area contributed by atoms with Crippen LogP contribution in [0.2, 0.25) is 0 Å². The summed E-state index contributed by atoms with van der Waals surface area (Å²) in [4.78, 5) is 80.5. The molecule has 0 rings (SSSR count). The van der Waals surface area contributed by atoms with Gasteiger partial charge in [0.05, 0.1) is 25.5 Å². The fourth-order valence-electron chi connectivity index (χ4n) is 2.26. The largest absolute Gasteiger partial charge is 0.481 e. The van der Waals surface area contributed by atoms with E-state index in [4.69, 9.17) is 27.4 Å². The molecule has 32 heavy (non-hydrogen) atoms. The number of carboxylic acids is 2. The van der Waals surface area contributed by atoms with Gasteiger partial charge in [-0.15, -0.1) is 0 Å². The van der Waals surface area contributed by atoms with Crippen LogP contribution in [-0.4, -0.2) is 87.6 Å². The average molecular weight is 462 g/mol. The monoisotopic (exact) mass is 462 g/mol. The zero-order valence-corrected chi connectivity index (χ0v) is 16.8. The molecular weight excluding hydrogens is 436 g/mol. The fourth-order valence-corrected chi connectivity index (χ4v) is 2.26. The Morgan fingerprint density at radius 3 is 1.62 bits per heavy atom. The van der Waals surface area contributed by atoms with Crippen LogP contribution in [0.4, 0.5) is 0 Å². The molecule has 180 valence electrons. The molecule has 0 saturated heterocycles. The quantitative estimate of drug-likeness (QED) is 0.110. The zero-order chi connectivity index (χ0) is 25.0. The molecule has 0 unspecified atom stereocenters. The minimum atomic E-state index is -1.72. The first kappa shape index (κ1) is 28.2. The van der Waals surface area contributed by atoms with Crippen molar-refractivity contribution >= 4 is 41.5 Å². The second-order valence-electron chi connectivity index (χ2n) is 6.58. The highest BCUT2D eigenvalue weighted by Crippen LogP contribution is 2.01. The summed E-state index contributed by atoms with van der Waals surface area (Å²) in [6.45, 7) is -1.01. The summed E-state index contributed by atoms with van der Waals surface area (Å²) in [5.41, 5.74) is 15.4. The number of amides is 5. The van der Waals surface area contributed by atoms with Crippen LogP contribution in [0.5, 0.6) is 0 Å². The van der Waals surface area contributed by atoms with Crippen molar-refractivity contribution in [2.75, 3.05) is 6.61 Å². The second-order valence-corrected chi connectivity index (χ2v) is 6.58. The number of carbonyl (C=O) groups excluding carboxylic acids is 5. The molecule has 0 bridgehead atoms. The van der Waals surface area contributed by atoms with E-state index in [1.54, 1.807) is 0 Å². The van der Waals surface area contributed by atoms with Gasteiger partial charge in [0.2, 0.25) is 29.5 Å². The summed E-state index contributed by atoms with van der Waals surface area (Å²) in [5.74, 6) is -8.16. The van der Waals surface area contributed by atoms with Crippen molar-refractivity contribution in [3.63, 3.8) is 0 Å². The Morgan fingerprint density at radius 1 is 0.719 bits per heavy atom. The topological polar surface area (TPSA) is 294 Å². The maximum Gasteiger partial charge on any atom is 0.326 e. The molecule has 0 saturated carbocycles. The number of nitrogens with one attached hydrogen (secondary N) is 3. The minimum Gasteiger partial charge on any atom is -0.481 e. The second kappa shape index (κ2) is 13.5. The number of hydrogen-bond acceptors (Lipinski definition) is 9. The van der Waals surface area contributed by atoms with Crippen molar-refractivity contribution in [2.45, 2.75) is 49.9 Å². The van der Waals surface area contributed by atoms with Crippen molar-refractivity contribution in [3.8, 4) is 0 Å². The lowest BCUT2D eigenvalue weighted by atomic mass is 10.1. The molecule has 0 aliphatic heterocycles. The number of carbonyl (C=O) groups is 7. The van der Waals surface area contributed by atoms with Gasteiger partial charge < -0.3 is 48.5 Å². The van der Waals surface area contributed by atoms with E-state index in [1.807, 2.05) is 10.6 Å². The van der Waals surface area contributed by atoms with E-state index in [1.165, 1.54) is 0 Å². The van der Waals surface area contributed by atoms with Crippen LogP contribution in [0.25, 0.3) is 0 Å². The SMILES string of the molecule is NC(=O)C[C@H](NC(=O)[C@@H](N)CC(N)=O)C(=O)N[C@@H](CO)C(=O)N[C@@H](CCC(=O)O)C(=O)O. The molecule has 0 aromatic heterocycles. The standard InChI is InChI=1S/C16H26N6O10/c17-6(3-10(18)24)13(28)21-8(4-11(19)25)14(29)22-9(5-23)15(30)20-7(16(31)32)1-2-12(26)27/h6-9,23H,1-5,17H2,(H2,18,24)(H2,19,25)(H,20,30)(H,21,28)(H,22,29)(H,26,27)(H,31,32)/t6-,7-,8-,9-/m0/s1. The lowest BCUT2D eigenvalue weighted by Crippen LogP contribution is -2.58. The van der Waals surface area contributed by atoms with Gasteiger partial charge in [0.25, 0.3) is 0 Å². The first-order chi connectivity index (χ1) is 14.8. The first-order valence-electron chi connectivity index (χ1n) is 9.07. The molecule has 0 spiro atoms. The van der Waals surface area contributed by atoms with Crippen molar-refractivity contribution in [3.05, 3.63) is 0 Å². The Kier molecular flexibility index (Phi) is 11.9. The Morgan fingerprint density at radius 2 is 1.19 bits per heavy atom. The van der Waals surface area contributed by atoms with Crippen LogP contribution >= 0.6 is 0 Å². The minimum absolute atomic E-state index is 0.472. The summed E-state index contributed by atoms with van der Waals surface area (Å²) < 4.78 is 0. The van der Waals surface area contributed by atoms with Crippen LogP contribution in [0.1, 0.15) is 25.7 Å². The molecule has 0 heterocycles. The molecule has 4 atom stereocenters. The molecule has 0 aromatic carbocycles. The summed E-state index contributed by atoms with van der Waals surface area (Å²) in [6.07, 6.45) is -2.35. The van der Waals surface area contributed by atoms with Gasteiger partial charge in [0, 0.05) is 6.42 Å². The first-order valence-corrected chi connectivity index (χ1v) is 9.07.